The van der Waals surface area contributed by atoms with Crippen LogP contribution in [-0.4, -0.2) is 33.1 Å². The lowest BCUT2D eigenvalue weighted by Crippen LogP contribution is -2.34. The fourth-order valence-corrected chi connectivity index (χ4v) is 1.41. The molecule has 2 heterocycles. The van der Waals surface area contributed by atoms with Gasteiger partial charge in [-0.05, 0) is 12.1 Å². The van der Waals surface area contributed by atoms with E-state index in [-0.39, 0.29) is 5.56 Å². The van der Waals surface area contributed by atoms with Gasteiger partial charge in [-0.2, -0.15) is 5.10 Å². The molecule has 1 amide bonds. The van der Waals surface area contributed by atoms with Gasteiger partial charge in [0.2, 0.25) is 0 Å². The number of rotatable bonds is 4. The smallest absolute Gasteiger partial charge is 0.262 e. The van der Waals surface area contributed by atoms with Gasteiger partial charge in [0.05, 0.1) is 30.2 Å². The second-order valence-electron chi connectivity index (χ2n) is 4.14. The third-order valence-corrected chi connectivity index (χ3v) is 2.31. The van der Waals surface area contributed by atoms with E-state index in [4.69, 9.17) is 0 Å². The Labute approximate surface area is 108 Å². The van der Waals surface area contributed by atoms with Crippen LogP contribution in [0.15, 0.2) is 36.9 Å². The lowest BCUT2D eigenvalue weighted by Gasteiger charge is -2.10. The van der Waals surface area contributed by atoms with Gasteiger partial charge in [-0.25, -0.2) is 13.5 Å². The SMILES string of the molecule is CC(F)(F)CNC(=O)c1cnn(-c2cccnc2)c1. The molecule has 0 aliphatic heterocycles. The number of carbonyl (C=O) groups excluding carboxylic acids is 1. The molecule has 0 aliphatic carbocycles. The Morgan fingerprint density at radius 1 is 1.47 bits per heavy atom. The summed E-state index contributed by atoms with van der Waals surface area (Å²) in [6.07, 6.45) is 5.97. The third-order valence-electron chi connectivity index (χ3n) is 2.31. The number of hydrogen-bond donors (Lipinski definition) is 1. The Hall–Kier alpha value is -2.31. The monoisotopic (exact) mass is 266 g/mol. The molecule has 100 valence electrons. The maximum atomic E-state index is 12.6. The van der Waals surface area contributed by atoms with E-state index in [1.807, 2.05) is 0 Å². The number of nitrogens with one attached hydrogen (secondary N) is 1. The number of carbonyl (C=O) groups is 1. The van der Waals surface area contributed by atoms with Crippen LogP contribution in [0.1, 0.15) is 17.3 Å². The van der Waals surface area contributed by atoms with Crippen molar-refractivity contribution < 1.29 is 13.6 Å². The lowest BCUT2D eigenvalue weighted by molar-refractivity contribution is 0.0221. The number of aromatic nitrogens is 3. The van der Waals surface area contributed by atoms with Crippen LogP contribution in [0, 0.1) is 0 Å². The van der Waals surface area contributed by atoms with Crippen LogP contribution >= 0.6 is 0 Å². The van der Waals surface area contributed by atoms with E-state index in [0.717, 1.165) is 6.92 Å². The van der Waals surface area contributed by atoms with E-state index in [2.05, 4.69) is 15.4 Å². The van der Waals surface area contributed by atoms with Gasteiger partial charge in [0.25, 0.3) is 11.8 Å². The van der Waals surface area contributed by atoms with Crippen molar-refractivity contribution in [1.29, 1.82) is 0 Å². The summed E-state index contributed by atoms with van der Waals surface area (Å²) in [6, 6.07) is 3.50. The van der Waals surface area contributed by atoms with E-state index in [0.29, 0.717) is 5.69 Å². The van der Waals surface area contributed by atoms with E-state index < -0.39 is 18.4 Å². The molecule has 2 aromatic heterocycles. The standard InChI is InChI=1S/C12H12F2N4O/c1-12(13,14)8-16-11(19)9-5-17-18(7-9)10-3-2-4-15-6-10/h2-7H,8H2,1H3,(H,16,19). The molecule has 1 N–H and O–H groups in total. The van der Waals surface area contributed by atoms with E-state index >= 15 is 0 Å². The number of nitrogens with zero attached hydrogens (tertiary/aromatic N) is 3. The predicted molar refractivity (Wildman–Crippen MR) is 64.3 cm³/mol. The normalized spacial score (nSPS) is 11.3. The number of halogens is 2. The van der Waals surface area contributed by atoms with Gasteiger partial charge in [0, 0.05) is 19.3 Å². The second kappa shape index (κ2) is 5.13. The summed E-state index contributed by atoms with van der Waals surface area (Å²) in [7, 11) is 0. The fourth-order valence-electron chi connectivity index (χ4n) is 1.41. The summed E-state index contributed by atoms with van der Waals surface area (Å²) >= 11 is 0. The minimum Gasteiger partial charge on any atom is -0.346 e. The maximum Gasteiger partial charge on any atom is 0.262 e. The summed E-state index contributed by atoms with van der Waals surface area (Å²) in [4.78, 5) is 15.5. The van der Waals surface area contributed by atoms with Crippen molar-refractivity contribution in [3.63, 3.8) is 0 Å². The molecule has 0 saturated heterocycles. The molecule has 7 heteroatoms. The van der Waals surface area contributed by atoms with Crippen molar-refractivity contribution in [1.82, 2.24) is 20.1 Å². The first-order valence-electron chi connectivity index (χ1n) is 5.57. The highest BCUT2D eigenvalue weighted by Gasteiger charge is 2.22. The van der Waals surface area contributed by atoms with Crippen molar-refractivity contribution in [2.75, 3.05) is 6.54 Å². The van der Waals surface area contributed by atoms with E-state index in [9.17, 15) is 13.6 Å². The fraction of sp³-hybridized carbons (Fsp3) is 0.250. The average molecular weight is 266 g/mol. The molecule has 2 aromatic rings. The van der Waals surface area contributed by atoms with Crippen LogP contribution in [0.5, 0.6) is 0 Å². The van der Waals surface area contributed by atoms with E-state index in [1.165, 1.54) is 17.1 Å². The van der Waals surface area contributed by atoms with Crippen LogP contribution in [0.25, 0.3) is 5.69 Å². The van der Waals surface area contributed by atoms with Crippen LogP contribution < -0.4 is 5.32 Å². The van der Waals surface area contributed by atoms with Crippen LogP contribution in [0.3, 0.4) is 0 Å². The molecular weight excluding hydrogens is 254 g/mol. The molecule has 19 heavy (non-hydrogen) atoms. The molecule has 0 aromatic carbocycles. The summed E-state index contributed by atoms with van der Waals surface area (Å²) in [5.74, 6) is -3.52. The molecule has 5 nitrogen and oxygen atoms in total. The largest absolute Gasteiger partial charge is 0.346 e. The molecule has 0 radical (unpaired) electrons. The highest BCUT2D eigenvalue weighted by atomic mass is 19.3. The molecule has 0 fully saturated rings. The van der Waals surface area contributed by atoms with Gasteiger partial charge in [0.1, 0.15) is 0 Å². The predicted octanol–water partition coefficient (Wildman–Crippen LogP) is 1.65. The van der Waals surface area contributed by atoms with Crippen molar-refractivity contribution in [3.05, 3.63) is 42.5 Å². The number of amides is 1. The summed E-state index contributed by atoms with van der Waals surface area (Å²) < 4.78 is 26.7. The number of alkyl halides is 2. The molecule has 0 unspecified atom stereocenters. The molecular formula is C12H12F2N4O. The number of hydrogen-bond acceptors (Lipinski definition) is 3. The Kier molecular flexibility index (Phi) is 3.55. The molecule has 2 rings (SSSR count). The zero-order valence-corrected chi connectivity index (χ0v) is 10.2. The van der Waals surface area contributed by atoms with Gasteiger partial charge < -0.3 is 5.32 Å². The Morgan fingerprint density at radius 3 is 2.89 bits per heavy atom. The summed E-state index contributed by atoms with van der Waals surface area (Å²) in [5, 5.41) is 6.13. The second-order valence-corrected chi connectivity index (χ2v) is 4.14. The Morgan fingerprint density at radius 2 is 2.26 bits per heavy atom. The first kappa shape index (κ1) is 13.1. The minimum atomic E-state index is -2.94. The first-order valence-corrected chi connectivity index (χ1v) is 5.57. The maximum absolute atomic E-state index is 12.6. The van der Waals surface area contributed by atoms with Crippen LogP contribution in [0.4, 0.5) is 8.78 Å². The van der Waals surface area contributed by atoms with Gasteiger partial charge in [-0.3, -0.25) is 9.78 Å². The first-order chi connectivity index (χ1) is 8.96. The van der Waals surface area contributed by atoms with Crippen molar-refractivity contribution in [2.24, 2.45) is 0 Å². The van der Waals surface area contributed by atoms with Crippen molar-refractivity contribution in [2.45, 2.75) is 12.8 Å². The van der Waals surface area contributed by atoms with E-state index in [1.54, 1.807) is 24.5 Å². The molecule has 0 spiro atoms. The topological polar surface area (TPSA) is 59.8 Å². The number of pyridine rings is 1. The van der Waals surface area contributed by atoms with Gasteiger partial charge in [-0.15, -0.1) is 0 Å². The molecule has 0 aliphatic rings. The molecule has 0 bridgehead atoms. The van der Waals surface area contributed by atoms with Crippen molar-refractivity contribution in [3.8, 4) is 5.69 Å². The third kappa shape index (κ3) is 3.57. The summed E-state index contributed by atoms with van der Waals surface area (Å²) in [6.45, 7) is 0.0379. The highest BCUT2D eigenvalue weighted by molar-refractivity contribution is 5.93. The van der Waals surface area contributed by atoms with Gasteiger partial charge >= 0.3 is 0 Å². The van der Waals surface area contributed by atoms with Crippen molar-refractivity contribution >= 4 is 5.91 Å². The quantitative estimate of drug-likeness (QED) is 0.915. The molecule has 0 saturated carbocycles. The Bertz CT molecular complexity index is 563. The average Bonchev–Trinajstić information content (AvgIpc) is 2.86. The zero-order valence-electron chi connectivity index (χ0n) is 10.2. The Balaban J connectivity index is 2.07. The van der Waals surface area contributed by atoms with Gasteiger partial charge in [0.15, 0.2) is 0 Å². The lowest BCUT2D eigenvalue weighted by atomic mass is 10.3. The summed E-state index contributed by atoms with van der Waals surface area (Å²) in [5.41, 5.74) is 0.899. The zero-order chi connectivity index (χ0) is 13.9. The van der Waals surface area contributed by atoms with Crippen LogP contribution in [-0.2, 0) is 0 Å². The minimum absolute atomic E-state index is 0.216. The van der Waals surface area contributed by atoms with Crippen LogP contribution in [0.2, 0.25) is 0 Å². The highest BCUT2D eigenvalue weighted by Crippen LogP contribution is 2.10. The molecule has 0 atom stereocenters. The van der Waals surface area contributed by atoms with Gasteiger partial charge in [-0.1, -0.05) is 0 Å².